The number of para-hydroxylation sites is 1. The third-order valence-corrected chi connectivity index (χ3v) is 4.27. The average molecular weight is 348 g/mol. The van der Waals surface area contributed by atoms with E-state index in [0.29, 0.717) is 28.8 Å². The van der Waals surface area contributed by atoms with Crippen LogP contribution in [0.3, 0.4) is 0 Å². The van der Waals surface area contributed by atoms with Crippen molar-refractivity contribution in [3.63, 3.8) is 0 Å². The van der Waals surface area contributed by atoms with Crippen molar-refractivity contribution < 1.29 is 4.54 Å². The summed E-state index contributed by atoms with van der Waals surface area (Å²) in [6.07, 6.45) is 0.652. The van der Waals surface area contributed by atoms with Crippen LogP contribution in [0.2, 0.25) is 0 Å². The van der Waals surface area contributed by atoms with Crippen LogP contribution in [0, 0.1) is 4.91 Å². The number of nitrogens with one attached hydrogen (secondary N) is 1. The Morgan fingerprint density at radius 2 is 1.88 bits per heavy atom. The lowest BCUT2D eigenvalue weighted by Crippen LogP contribution is -2.26. The number of aromatic amines is 1. The summed E-state index contributed by atoms with van der Waals surface area (Å²) in [5, 5.41) is 3.10. The minimum Gasteiger partial charge on any atom is -0.383 e. The van der Waals surface area contributed by atoms with Gasteiger partial charge in [0.05, 0.1) is 10.2 Å². The highest BCUT2D eigenvalue weighted by Crippen LogP contribution is 2.30. The van der Waals surface area contributed by atoms with Crippen molar-refractivity contribution in [1.82, 2.24) is 19.9 Å². The summed E-state index contributed by atoms with van der Waals surface area (Å²) in [6, 6.07) is 14.9. The normalized spacial score (nSPS) is 11.1. The molecule has 8 nitrogen and oxygen atoms in total. The number of aromatic nitrogens is 5. The zero-order valence-corrected chi connectivity index (χ0v) is 14.2. The summed E-state index contributed by atoms with van der Waals surface area (Å²) in [5.41, 5.74) is 15.9. The highest BCUT2D eigenvalue weighted by atomic mass is 16.3. The molecule has 0 radical (unpaired) electrons. The van der Waals surface area contributed by atoms with E-state index >= 15 is 0 Å². The van der Waals surface area contributed by atoms with Gasteiger partial charge in [-0.1, -0.05) is 25.1 Å². The molecule has 0 aliphatic heterocycles. The van der Waals surface area contributed by atoms with Gasteiger partial charge in [-0.2, -0.15) is 10.1 Å². The molecule has 4 aromatic rings. The Morgan fingerprint density at radius 1 is 1.12 bits per heavy atom. The number of nitrogens with zero attached hydrogens (tertiary/aromatic N) is 4. The average Bonchev–Trinajstić information content (AvgIpc) is 2.98. The lowest BCUT2D eigenvalue weighted by atomic mass is 10.0. The molecule has 130 valence electrons. The van der Waals surface area contributed by atoms with Crippen LogP contribution in [0.25, 0.3) is 27.8 Å². The summed E-state index contributed by atoms with van der Waals surface area (Å²) >= 11 is 0. The summed E-state index contributed by atoms with van der Waals surface area (Å²) in [7, 11) is 0. The van der Waals surface area contributed by atoms with E-state index in [1.54, 1.807) is 6.07 Å². The van der Waals surface area contributed by atoms with Gasteiger partial charge in [0, 0.05) is 11.6 Å². The molecule has 2 heterocycles. The molecular formula is C18H18N7O+. The van der Waals surface area contributed by atoms with E-state index in [0.717, 1.165) is 21.5 Å². The van der Waals surface area contributed by atoms with Crippen molar-refractivity contribution in [3.8, 4) is 16.8 Å². The van der Waals surface area contributed by atoms with E-state index in [9.17, 15) is 4.91 Å². The molecule has 0 aliphatic carbocycles. The van der Waals surface area contributed by atoms with Crippen molar-refractivity contribution in [2.24, 2.45) is 0 Å². The van der Waals surface area contributed by atoms with Gasteiger partial charge in [0.25, 0.3) is 5.52 Å². The maximum absolute atomic E-state index is 12.8. The molecule has 0 atom stereocenters. The van der Waals surface area contributed by atoms with Crippen LogP contribution in [0.15, 0.2) is 48.5 Å². The van der Waals surface area contributed by atoms with Gasteiger partial charge in [0.15, 0.2) is 5.52 Å². The lowest BCUT2D eigenvalue weighted by Gasteiger charge is -2.10. The number of benzene rings is 2. The minimum absolute atomic E-state index is 0.145. The molecular weight excluding hydrogens is 330 g/mol. The first kappa shape index (κ1) is 15.8. The van der Waals surface area contributed by atoms with Crippen LogP contribution in [-0.4, -0.2) is 19.9 Å². The van der Waals surface area contributed by atoms with E-state index in [2.05, 4.69) is 15.1 Å². The summed E-state index contributed by atoms with van der Waals surface area (Å²) < 4.78 is 0.814. The smallest absolute Gasteiger partial charge is 0.250 e. The second kappa shape index (κ2) is 5.99. The molecule has 0 amide bonds. The number of nitrogens with two attached hydrogens (primary N) is 2. The van der Waals surface area contributed by atoms with Crippen molar-refractivity contribution in [2.45, 2.75) is 13.3 Å². The monoisotopic (exact) mass is 348 g/mol. The summed E-state index contributed by atoms with van der Waals surface area (Å²) in [6.45, 7) is 1.97. The molecule has 4 rings (SSSR count). The third-order valence-electron chi connectivity index (χ3n) is 4.27. The Balaban J connectivity index is 1.93. The second-order valence-electron chi connectivity index (χ2n) is 5.91. The second-order valence-corrected chi connectivity index (χ2v) is 5.91. The van der Waals surface area contributed by atoms with Crippen LogP contribution >= 0.6 is 0 Å². The van der Waals surface area contributed by atoms with Gasteiger partial charge in [0.2, 0.25) is 5.95 Å². The highest BCUT2D eigenvalue weighted by Gasteiger charge is 2.19. The van der Waals surface area contributed by atoms with Gasteiger partial charge in [0.1, 0.15) is 11.5 Å². The van der Waals surface area contributed by atoms with Crippen LogP contribution in [0.1, 0.15) is 12.6 Å². The van der Waals surface area contributed by atoms with Gasteiger partial charge in [-0.05, 0) is 46.0 Å². The molecule has 0 spiro atoms. The van der Waals surface area contributed by atoms with Gasteiger partial charge in [-0.3, -0.25) is 0 Å². The fraction of sp³-hybridized carbons (Fsp3) is 0.111. The Hall–Kier alpha value is -3.68. The van der Waals surface area contributed by atoms with Crippen LogP contribution in [0.5, 0.6) is 0 Å². The van der Waals surface area contributed by atoms with E-state index < -0.39 is 0 Å². The summed E-state index contributed by atoms with van der Waals surface area (Å²) in [5.74, 6) is 0.448. The third kappa shape index (κ3) is 2.48. The van der Waals surface area contributed by atoms with Crippen LogP contribution in [-0.2, 0) is 6.42 Å². The van der Waals surface area contributed by atoms with Crippen molar-refractivity contribution in [2.75, 3.05) is 11.5 Å². The SMILES string of the molecule is CCc1nc(N)nc(N)c1-c1ccc2[nH]n(-c3ccccc3)[n+](=O)c2c1. The molecule has 26 heavy (non-hydrogen) atoms. The molecule has 0 bridgehead atoms. The molecule has 0 saturated heterocycles. The van der Waals surface area contributed by atoms with E-state index in [-0.39, 0.29) is 5.95 Å². The highest BCUT2D eigenvalue weighted by molar-refractivity contribution is 5.84. The first-order valence-electron chi connectivity index (χ1n) is 8.23. The molecule has 2 aromatic heterocycles. The van der Waals surface area contributed by atoms with E-state index in [4.69, 9.17) is 11.5 Å². The Bertz CT molecular complexity index is 1160. The molecule has 0 aliphatic rings. The van der Waals surface area contributed by atoms with Gasteiger partial charge < -0.3 is 11.5 Å². The molecule has 0 fully saturated rings. The number of hydrogen-bond acceptors (Lipinski definition) is 5. The fourth-order valence-electron chi connectivity index (χ4n) is 3.06. The molecule has 5 N–H and O–H groups in total. The number of anilines is 2. The first-order valence-corrected chi connectivity index (χ1v) is 8.23. The van der Waals surface area contributed by atoms with Gasteiger partial charge in [-0.15, -0.1) is 0 Å². The van der Waals surface area contributed by atoms with E-state index in [1.807, 2.05) is 49.4 Å². The molecule has 2 aromatic carbocycles. The largest absolute Gasteiger partial charge is 0.383 e. The maximum atomic E-state index is 12.8. The number of hydrogen-bond donors (Lipinski definition) is 3. The Morgan fingerprint density at radius 3 is 2.62 bits per heavy atom. The van der Waals surface area contributed by atoms with Crippen molar-refractivity contribution in [1.29, 1.82) is 0 Å². The van der Waals surface area contributed by atoms with Crippen molar-refractivity contribution in [3.05, 3.63) is 59.1 Å². The Kier molecular flexibility index (Phi) is 3.65. The quantitative estimate of drug-likeness (QED) is 0.489. The molecule has 8 heteroatoms. The first-order chi connectivity index (χ1) is 12.6. The zero-order valence-electron chi connectivity index (χ0n) is 14.2. The van der Waals surface area contributed by atoms with Gasteiger partial charge >= 0.3 is 0 Å². The van der Waals surface area contributed by atoms with E-state index in [1.165, 1.54) is 4.80 Å². The number of nitrogen functional groups attached to an aromatic ring is 2. The minimum atomic E-state index is 0.145. The number of aryl methyl sites for hydroxylation is 1. The van der Waals surface area contributed by atoms with Crippen LogP contribution < -0.4 is 16.0 Å². The lowest BCUT2D eigenvalue weighted by molar-refractivity contribution is -0.561. The zero-order chi connectivity index (χ0) is 18.3. The predicted molar refractivity (Wildman–Crippen MR) is 100 cm³/mol. The number of H-pyrrole nitrogens is 1. The Labute approximate surface area is 148 Å². The summed E-state index contributed by atoms with van der Waals surface area (Å²) in [4.78, 5) is 22.5. The molecule has 0 saturated carbocycles. The topological polar surface area (TPSA) is 122 Å². The van der Waals surface area contributed by atoms with Crippen LogP contribution in [0.4, 0.5) is 11.8 Å². The molecule has 0 unspecified atom stereocenters. The van der Waals surface area contributed by atoms with Crippen molar-refractivity contribution >= 4 is 22.8 Å². The predicted octanol–water partition coefficient (Wildman–Crippen LogP) is 2.06. The number of rotatable bonds is 3. The maximum Gasteiger partial charge on any atom is 0.250 e. The van der Waals surface area contributed by atoms with Gasteiger partial charge in [-0.25, -0.2) is 4.98 Å². The fourth-order valence-corrected chi connectivity index (χ4v) is 3.06. The standard InChI is InChI=1S/C18H18N7O/c1-2-13-16(17(19)22-18(20)21-13)11-8-9-14-15(10-11)25(26)24(23-14)12-6-4-3-5-7-12/h3-10,23H,2H2,1H3,(H4,19,20,21,22)/q+1. The number of fused-ring (bicyclic) bond motifs is 1.